The predicted molar refractivity (Wildman–Crippen MR) is 194 cm³/mol. The van der Waals surface area contributed by atoms with E-state index in [1.165, 1.54) is 32.7 Å². The fourth-order valence-electron chi connectivity index (χ4n) is 6.88. The topological polar surface area (TPSA) is 16.4 Å². The maximum atomic E-state index is 6.53. The van der Waals surface area contributed by atoms with Crippen molar-refractivity contribution < 1.29 is 4.42 Å². The zero-order valence-electron chi connectivity index (χ0n) is 25.1. The first-order valence-electron chi connectivity index (χ1n) is 15.7. The summed E-state index contributed by atoms with van der Waals surface area (Å²) in [5, 5.41) is 7.19. The zero-order chi connectivity index (χ0) is 30.5. The first-order chi connectivity index (χ1) is 22.8. The summed E-state index contributed by atoms with van der Waals surface area (Å²) >= 11 is 0. The Labute approximate surface area is 267 Å². The van der Waals surface area contributed by atoms with Gasteiger partial charge in [0.15, 0.2) is 0 Å². The van der Waals surface area contributed by atoms with E-state index in [0.717, 1.165) is 50.1 Å². The molecule has 0 amide bonds. The van der Waals surface area contributed by atoms with Crippen LogP contribution in [0.5, 0.6) is 0 Å². The second-order valence-electron chi connectivity index (χ2n) is 11.7. The van der Waals surface area contributed by atoms with Gasteiger partial charge >= 0.3 is 0 Å². The van der Waals surface area contributed by atoms with E-state index in [9.17, 15) is 0 Å². The van der Waals surface area contributed by atoms with Crippen LogP contribution in [-0.2, 0) is 0 Å². The highest BCUT2D eigenvalue weighted by molar-refractivity contribution is 6.18. The number of anilines is 3. The maximum absolute atomic E-state index is 6.53. The van der Waals surface area contributed by atoms with E-state index in [0.29, 0.717) is 0 Å². The van der Waals surface area contributed by atoms with Gasteiger partial charge in [0.25, 0.3) is 0 Å². The Morgan fingerprint density at radius 2 is 0.935 bits per heavy atom. The summed E-state index contributed by atoms with van der Waals surface area (Å²) in [7, 11) is 0. The summed E-state index contributed by atoms with van der Waals surface area (Å²) in [5.41, 5.74) is 9.84. The van der Waals surface area contributed by atoms with Crippen LogP contribution in [0.15, 0.2) is 180 Å². The summed E-state index contributed by atoms with van der Waals surface area (Å²) in [6.07, 6.45) is 0. The van der Waals surface area contributed by atoms with Crippen molar-refractivity contribution in [2.24, 2.45) is 0 Å². The van der Waals surface area contributed by atoms with Gasteiger partial charge in [-0.25, -0.2) is 0 Å². The van der Waals surface area contributed by atoms with E-state index in [-0.39, 0.29) is 0 Å². The molecule has 0 atom stereocenters. The van der Waals surface area contributed by atoms with Gasteiger partial charge in [0.1, 0.15) is 11.2 Å². The fraction of sp³-hybridized carbons (Fsp3) is 0. The molecule has 0 aliphatic rings. The van der Waals surface area contributed by atoms with Crippen LogP contribution in [0.25, 0.3) is 65.7 Å². The van der Waals surface area contributed by atoms with Gasteiger partial charge in [0.05, 0.1) is 0 Å². The minimum Gasteiger partial charge on any atom is -0.455 e. The number of rotatable bonds is 5. The summed E-state index contributed by atoms with van der Waals surface area (Å²) in [5.74, 6) is 0. The van der Waals surface area contributed by atoms with E-state index in [1.807, 2.05) is 6.07 Å². The molecule has 2 nitrogen and oxygen atoms in total. The van der Waals surface area contributed by atoms with Gasteiger partial charge in [-0.2, -0.15) is 0 Å². The number of para-hydroxylation sites is 2. The predicted octanol–water partition coefficient (Wildman–Crippen LogP) is 12.7. The summed E-state index contributed by atoms with van der Waals surface area (Å²) < 4.78 is 6.53. The van der Waals surface area contributed by atoms with Crippen molar-refractivity contribution in [3.05, 3.63) is 176 Å². The third kappa shape index (κ3) is 4.35. The summed E-state index contributed by atoms with van der Waals surface area (Å²) in [6.45, 7) is 0. The molecule has 0 aliphatic heterocycles. The first-order valence-corrected chi connectivity index (χ1v) is 15.7. The standard InChI is InChI=1S/C44H29NO/c1-2-14-34(15-3-1)45(35-25-21-31(22-26-35)38-19-10-13-30-11-4-6-16-37(30)38)36-27-23-32(24-28-36)43-39-17-7-5-12-33(39)29-41-40-18-8-9-20-42(40)46-44(41)43/h1-29H. The molecule has 1 aromatic heterocycles. The second kappa shape index (κ2) is 10.8. The smallest absolute Gasteiger partial charge is 0.143 e. The minimum atomic E-state index is 0.910. The molecule has 0 spiro atoms. The first kappa shape index (κ1) is 26.3. The highest BCUT2D eigenvalue weighted by atomic mass is 16.3. The third-order valence-corrected chi connectivity index (χ3v) is 9.05. The van der Waals surface area contributed by atoms with Gasteiger partial charge < -0.3 is 9.32 Å². The van der Waals surface area contributed by atoms with Gasteiger partial charge in [0, 0.05) is 33.4 Å². The average Bonchev–Trinajstić information content (AvgIpc) is 3.50. The molecule has 0 radical (unpaired) electrons. The molecule has 9 rings (SSSR count). The van der Waals surface area contributed by atoms with Crippen molar-refractivity contribution in [1.29, 1.82) is 0 Å². The van der Waals surface area contributed by atoms with E-state index >= 15 is 0 Å². The molecule has 1 heterocycles. The number of furan rings is 1. The molecule has 0 unspecified atom stereocenters. The quantitative estimate of drug-likeness (QED) is 0.199. The van der Waals surface area contributed by atoms with E-state index in [4.69, 9.17) is 4.42 Å². The Morgan fingerprint density at radius 1 is 0.370 bits per heavy atom. The molecule has 0 fully saturated rings. The molecule has 0 bridgehead atoms. The van der Waals surface area contributed by atoms with Gasteiger partial charge in [-0.1, -0.05) is 127 Å². The van der Waals surface area contributed by atoms with Crippen LogP contribution in [0.4, 0.5) is 17.1 Å². The highest BCUT2D eigenvalue weighted by Gasteiger charge is 2.18. The second-order valence-corrected chi connectivity index (χ2v) is 11.7. The lowest BCUT2D eigenvalue weighted by Crippen LogP contribution is -2.09. The van der Waals surface area contributed by atoms with Gasteiger partial charge in [-0.3, -0.25) is 0 Å². The van der Waals surface area contributed by atoms with Crippen LogP contribution in [0.3, 0.4) is 0 Å². The van der Waals surface area contributed by atoms with Crippen molar-refractivity contribution >= 4 is 60.5 Å². The number of nitrogens with zero attached hydrogens (tertiary/aromatic N) is 1. The number of hydrogen-bond acceptors (Lipinski definition) is 2. The Hall–Kier alpha value is -6.12. The van der Waals surface area contributed by atoms with Crippen LogP contribution < -0.4 is 4.90 Å². The van der Waals surface area contributed by atoms with Crippen molar-refractivity contribution in [3.8, 4) is 22.3 Å². The normalized spacial score (nSPS) is 11.5. The molecular weight excluding hydrogens is 558 g/mol. The molecule has 8 aromatic carbocycles. The lowest BCUT2D eigenvalue weighted by atomic mass is 9.95. The molecule has 216 valence electrons. The number of benzene rings is 8. The summed E-state index contributed by atoms with van der Waals surface area (Å²) in [6, 6.07) is 62.6. The van der Waals surface area contributed by atoms with E-state index in [2.05, 4.69) is 175 Å². The largest absolute Gasteiger partial charge is 0.455 e. The molecular formula is C44H29NO. The number of hydrogen-bond donors (Lipinski definition) is 0. The molecule has 0 saturated carbocycles. The average molecular weight is 588 g/mol. The Balaban J connectivity index is 1.16. The van der Waals surface area contributed by atoms with Gasteiger partial charge in [-0.05, 0) is 86.8 Å². The van der Waals surface area contributed by atoms with E-state index < -0.39 is 0 Å². The Bertz CT molecular complexity index is 2500. The van der Waals surface area contributed by atoms with Crippen LogP contribution >= 0.6 is 0 Å². The third-order valence-electron chi connectivity index (χ3n) is 9.05. The molecule has 0 aliphatic carbocycles. The highest BCUT2D eigenvalue weighted by Crippen LogP contribution is 2.43. The molecule has 46 heavy (non-hydrogen) atoms. The fourth-order valence-corrected chi connectivity index (χ4v) is 6.88. The van der Waals surface area contributed by atoms with Gasteiger partial charge in [-0.15, -0.1) is 0 Å². The van der Waals surface area contributed by atoms with Crippen LogP contribution in [0, 0.1) is 0 Å². The monoisotopic (exact) mass is 587 g/mol. The van der Waals surface area contributed by atoms with Crippen molar-refractivity contribution in [3.63, 3.8) is 0 Å². The van der Waals surface area contributed by atoms with E-state index in [1.54, 1.807) is 0 Å². The SMILES string of the molecule is c1ccc(N(c2ccc(-c3cccc4ccccc34)cc2)c2ccc(-c3c4ccccc4cc4c3oc3ccccc34)cc2)cc1. The van der Waals surface area contributed by atoms with Crippen molar-refractivity contribution in [1.82, 2.24) is 0 Å². The Kier molecular flexibility index (Phi) is 6.17. The van der Waals surface area contributed by atoms with Gasteiger partial charge in [0.2, 0.25) is 0 Å². The number of fused-ring (bicyclic) bond motifs is 5. The summed E-state index contributed by atoms with van der Waals surface area (Å²) in [4.78, 5) is 2.32. The molecule has 0 saturated heterocycles. The minimum absolute atomic E-state index is 0.910. The van der Waals surface area contributed by atoms with Crippen LogP contribution in [0.2, 0.25) is 0 Å². The van der Waals surface area contributed by atoms with Crippen molar-refractivity contribution in [2.75, 3.05) is 4.90 Å². The Morgan fingerprint density at radius 3 is 1.70 bits per heavy atom. The van der Waals surface area contributed by atoms with Crippen molar-refractivity contribution in [2.45, 2.75) is 0 Å². The lowest BCUT2D eigenvalue weighted by Gasteiger charge is -2.26. The van der Waals surface area contributed by atoms with Crippen LogP contribution in [-0.4, -0.2) is 0 Å². The molecule has 0 N–H and O–H groups in total. The molecule has 9 aromatic rings. The lowest BCUT2D eigenvalue weighted by molar-refractivity contribution is 0.670. The van der Waals surface area contributed by atoms with Crippen LogP contribution in [0.1, 0.15) is 0 Å². The maximum Gasteiger partial charge on any atom is 0.143 e. The zero-order valence-corrected chi connectivity index (χ0v) is 25.1. The molecule has 2 heteroatoms.